The first-order valence-corrected chi connectivity index (χ1v) is 2.50. The lowest BCUT2D eigenvalue weighted by Gasteiger charge is -1.94. The molecule has 1 aliphatic heterocycles. The molecule has 1 rings (SSSR count). The quantitative estimate of drug-likeness (QED) is 0.503. The SMILES string of the molecule is COC1=C(O)C(=O)NC1. The molecule has 1 heterocycles. The first-order valence-electron chi connectivity index (χ1n) is 2.50. The van der Waals surface area contributed by atoms with Gasteiger partial charge in [-0.25, -0.2) is 0 Å². The first-order chi connectivity index (χ1) is 4.25. The van der Waals surface area contributed by atoms with E-state index in [4.69, 9.17) is 5.11 Å². The Hall–Kier alpha value is -1.19. The molecule has 0 fully saturated rings. The summed E-state index contributed by atoms with van der Waals surface area (Å²) in [6.07, 6.45) is 0. The van der Waals surface area contributed by atoms with Crippen molar-refractivity contribution in [2.24, 2.45) is 0 Å². The number of carbonyl (C=O) groups is 1. The van der Waals surface area contributed by atoms with Gasteiger partial charge in [-0.15, -0.1) is 0 Å². The van der Waals surface area contributed by atoms with Crippen molar-refractivity contribution in [2.45, 2.75) is 0 Å². The Morgan fingerprint density at radius 1 is 1.78 bits per heavy atom. The monoisotopic (exact) mass is 129 g/mol. The Bertz CT molecular complexity index is 173. The highest BCUT2D eigenvalue weighted by Gasteiger charge is 2.21. The lowest BCUT2D eigenvalue weighted by atomic mass is 10.5. The minimum absolute atomic E-state index is 0.293. The van der Waals surface area contributed by atoms with E-state index in [1.54, 1.807) is 0 Å². The first kappa shape index (κ1) is 5.94. The molecule has 0 radical (unpaired) electrons. The number of carbonyl (C=O) groups excluding carboxylic acids is 1. The van der Waals surface area contributed by atoms with Crippen LogP contribution in [0, 0.1) is 0 Å². The zero-order valence-electron chi connectivity index (χ0n) is 4.97. The summed E-state index contributed by atoms with van der Waals surface area (Å²) < 4.78 is 4.64. The van der Waals surface area contributed by atoms with Crippen LogP contribution in [0.15, 0.2) is 11.5 Å². The van der Waals surface area contributed by atoms with Gasteiger partial charge in [0.2, 0.25) is 5.76 Å². The fraction of sp³-hybridized carbons (Fsp3) is 0.400. The van der Waals surface area contributed by atoms with Gasteiger partial charge < -0.3 is 15.2 Å². The number of aliphatic hydroxyl groups excluding tert-OH is 1. The molecule has 0 saturated heterocycles. The van der Waals surface area contributed by atoms with Gasteiger partial charge in [-0.1, -0.05) is 0 Å². The topological polar surface area (TPSA) is 58.6 Å². The summed E-state index contributed by atoms with van der Waals surface area (Å²) in [6.45, 7) is 0.293. The molecule has 0 spiro atoms. The van der Waals surface area contributed by atoms with Gasteiger partial charge in [-0.3, -0.25) is 4.79 Å². The molecule has 0 aliphatic carbocycles. The van der Waals surface area contributed by atoms with Crippen molar-refractivity contribution in [3.8, 4) is 0 Å². The van der Waals surface area contributed by atoms with Crippen molar-refractivity contribution in [1.29, 1.82) is 0 Å². The summed E-state index contributed by atoms with van der Waals surface area (Å²) in [5, 5.41) is 11.2. The molecular weight excluding hydrogens is 122 g/mol. The maximum absolute atomic E-state index is 10.4. The Morgan fingerprint density at radius 3 is 2.67 bits per heavy atom. The van der Waals surface area contributed by atoms with Crippen molar-refractivity contribution >= 4 is 5.91 Å². The molecule has 4 heteroatoms. The summed E-state index contributed by atoms with van der Waals surface area (Å²) >= 11 is 0. The predicted molar refractivity (Wildman–Crippen MR) is 29.7 cm³/mol. The van der Waals surface area contributed by atoms with E-state index in [1.807, 2.05) is 0 Å². The number of hydrogen-bond donors (Lipinski definition) is 2. The van der Waals surface area contributed by atoms with Crippen LogP contribution in [0.4, 0.5) is 0 Å². The van der Waals surface area contributed by atoms with E-state index in [0.717, 1.165) is 0 Å². The number of methoxy groups -OCH3 is 1. The van der Waals surface area contributed by atoms with Gasteiger partial charge in [-0.2, -0.15) is 0 Å². The van der Waals surface area contributed by atoms with Crippen LogP contribution in [0.5, 0.6) is 0 Å². The summed E-state index contributed by atoms with van der Waals surface area (Å²) in [5.41, 5.74) is 0. The van der Waals surface area contributed by atoms with Crippen molar-refractivity contribution < 1.29 is 14.6 Å². The molecule has 2 N–H and O–H groups in total. The van der Waals surface area contributed by atoms with Crippen LogP contribution in [0.3, 0.4) is 0 Å². The van der Waals surface area contributed by atoms with E-state index in [2.05, 4.69) is 10.1 Å². The number of amides is 1. The second-order valence-electron chi connectivity index (χ2n) is 1.66. The number of rotatable bonds is 1. The van der Waals surface area contributed by atoms with Crippen LogP contribution >= 0.6 is 0 Å². The fourth-order valence-electron chi connectivity index (χ4n) is 0.623. The Balaban J connectivity index is 2.79. The Kier molecular flexibility index (Phi) is 1.30. The number of nitrogens with one attached hydrogen (secondary N) is 1. The second-order valence-corrected chi connectivity index (χ2v) is 1.66. The molecule has 0 atom stereocenters. The van der Waals surface area contributed by atoms with E-state index >= 15 is 0 Å². The molecule has 0 bridgehead atoms. The van der Waals surface area contributed by atoms with Gasteiger partial charge in [0.15, 0.2) is 5.76 Å². The highest BCUT2D eigenvalue weighted by Crippen LogP contribution is 2.06. The predicted octanol–water partition coefficient (Wildman–Crippen LogP) is -0.468. The third-order valence-corrected chi connectivity index (χ3v) is 1.14. The number of ether oxygens (including phenoxy) is 1. The van der Waals surface area contributed by atoms with Crippen LogP contribution in [0.25, 0.3) is 0 Å². The van der Waals surface area contributed by atoms with Crippen molar-refractivity contribution in [3.05, 3.63) is 11.5 Å². The standard InChI is InChI=1S/C5H7NO3/c1-9-3-2-6-5(8)4(3)7/h7H,2H2,1H3,(H,6,8). The van der Waals surface area contributed by atoms with Crippen molar-refractivity contribution in [1.82, 2.24) is 5.32 Å². The molecule has 9 heavy (non-hydrogen) atoms. The largest absolute Gasteiger partial charge is 0.501 e. The summed E-state index contributed by atoms with van der Waals surface area (Å²) in [5.74, 6) is -0.468. The minimum Gasteiger partial charge on any atom is -0.501 e. The molecule has 1 amide bonds. The van der Waals surface area contributed by atoms with Gasteiger partial charge in [0.1, 0.15) is 0 Å². The Morgan fingerprint density at radius 2 is 2.44 bits per heavy atom. The maximum Gasteiger partial charge on any atom is 0.290 e. The van der Waals surface area contributed by atoms with Crippen LogP contribution in [0.2, 0.25) is 0 Å². The maximum atomic E-state index is 10.4. The average molecular weight is 129 g/mol. The molecule has 1 aliphatic rings. The normalized spacial score (nSPS) is 18.1. The van der Waals surface area contributed by atoms with Crippen LogP contribution in [-0.2, 0) is 9.53 Å². The molecular formula is C5H7NO3. The van der Waals surface area contributed by atoms with Crippen molar-refractivity contribution in [3.63, 3.8) is 0 Å². The van der Waals surface area contributed by atoms with E-state index in [-0.39, 0.29) is 5.76 Å². The summed E-state index contributed by atoms with van der Waals surface area (Å²) in [6, 6.07) is 0. The highest BCUT2D eigenvalue weighted by atomic mass is 16.5. The van der Waals surface area contributed by atoms with Crippen LogP contribution < -0.4 is 5.32 Å². The molecule has 0 aromatic rings. The molecule has 4 nitrogen and oxygen atoms in total. The van der Waals surface area contributed by atoms with E-state index < -0.39 is 5.91 Å². The lowest BCUT2D eigenvalue weighted by molar-refractivity contribution is -0.118. The zero-order valence-corrected chi connectivity index (χ0v) is 4.97. The Labute approximate surface area is 52.1 Å². The molecule has 0 unspecified atom stereocenters. The van der Waals surface area contributed by atoms with Gasteiger partial charge in [0.25, 0.3) is 5.91 Å². The molecule has 50 valence electrons. The van der Waals surface area contributed by atoms with E-state index in [0.29, 0.717) is 12.3 Å². The number of hydrogen-bond acceptors (Lipinski definition) is 3. The molecule has 0 aromatic heterocycles. The van der Waals surface area contributed by atoms with Crippen LogP contribution in [0.1, 0.15) is 0 Å². The number of aliphatic hydroxyl groups is 1. The summed E-state index contributed by atoms with van der Waals surface area (Å²) in [7, 11) is 1.41. The molecule has 0 aromatic carbocycles. The van der Waals surface area contributed by atoms with Gasteiger partial charge in [-0.05, 0) is 0 Å². The summed E-state index contributed by atoms with van der Waals surface area (Å²) in [4.78, 5) is 10.4. The third-order valence-electron chi connectivity index (χ3n) is 1.14. The van der Waals surface area contributed by atoms with E-state index in [1.165, 1.54) is 7.11 Å². The van der Waals surface area contributed by atoms with Crippen molar-refractivity contribution in [2.75, 3.05) is 13.7 Å². The highest BCUT2D eigenvalue weighted by molar-refractivity contribution is 5.94. The zero-order chi connectivity index (χ0) is 6.85. The second kappa shape index (κ2) is 1.97. The van der Waals surface area contributed by atoms with Gasteiger partial charge >= 0.3 is 0 Å². The molecule has 0 saturated carbocycles. The fourth-order valence-corrected chi connectivity index (χ4v) is 0.623. The lowest BCUT2D eigenvalue weighted by Crippen LogP contribution is -2.17. The van der Waals surface area contributed by atoms with E-state index in [9.17, 15) is 4.79 Å². The average Bonchev–Trinajstić information content (AvgIpc) is 2.15. The van der Waals surface area contributed by atoms with Crippen LogP contribution in [-0.4, -0.2) is 24.7 Å². The third kappa shape index (κ3) is 0.826. The minimum atomic E-state index is -0.466. The smallest absolute Gasteiger partial charge is 0.290 e. The van der Waals surface area contributed by atoms with Gasteiger partial charge in [0, 0.05) is 0 Å². The van der Waals surface area contributed by atoms with Gasteiger partial charge in [0.05, 0.1) is 13.7 Å².